The van der Waals surface area contributed by atoms with Crippen LogP contribution in [-0.2, 0) is 19.5 Å². The first-order valence-corrected chi connectivity index (χ1v) is 9.35. The summed E-state index contributed by atoms with van der Waals surface area (Å²) in [6, 6.07) is 0.398. The lowest BCUT2D eigenvalue weighted by Crippen LogP contribution is -2.42. The van der Waals surface area contributed by atoms with Crippen LogP contribution in [0.1, 0.15) is 72.0 Å². The minimum Gasteiger partial charge on any atom is -0.357 e. The van der Waals surface area contributed by atoms with Crippen LogP contribution in [0, 0.1) is 5.41 Å². The highest BCUT2D eigenvalue weighted by Crippen LogP contribution is 2.21. The topological polar surface area (TPSA) is 67.1 Å². The van der Waals surface area contributed by atoms with Crippen molar-refractivity contribution in [2.75, 3.05) is 6.54 Å². The van der Waals surface area contributed by atoms with Crippen molar-refractivity contribution < 1.29 is 0 Å². The van der Waals surface area contributed by atoms with Crippen molar-refractivity contribution in [3.05, 3.63) is 11.6 Å². The fourth-order valence-electron chi connectivity index (χ4n) is 2.91. The third kappa shape index (κ3) is 7.50. The maximum Gasteiger partial charge on any atom is 0.191 e. The standard InChI is InChI=1S/C18H34N6.HI/c1-6-19-17(21-14(2)10-11-18(3,4)5)20-13-16-23-22-15-9-7-8-12-24(15)16;/h14H,6-13H2,1-5H3,(H2,19,20,21);1H. The van der Waals surface area contributed by atoms with E-state index in [2.05, 4.69) is 60.0 Å². The van der Waals surface area contributed by atoms with Gasteiger partial charge in [-0.3, -0.25) is 0 Å². The van der Waals surface area contributed by atoms with Crippen LogP contribution in [0.25, 0.3) is 0 Å². The van der Waals surface area contributed by atoms with Gasteiger partial charge >= 0.3 is 0 Å². The van der Waals surface area contributed by atoms with Crippen molar-refractivity contribution in [2.45, 2.75) is 85.9 Å². The van der Waals surface area contributed by atoms with Crippen LogP contribution in [0.15, 0.2) is 4.99 Å². The molecule has 0 radical (unpaired) electrons. The van der Waals surface area contributed by atoms with Gasteiger partial charge in [-0.1, -0.05) is 20.8 Å². The molecule has 144 valence electrons. The van der Waals surface area contributed by atoms with Gasteiger partial charge in [0, 0.05) is 25.6 Å². The van der Waals surface area contributed by atoms with E-state index in [1.54, 1.807) is 0 Å². The largest absolute Gasteiger partial charge is 0.357 e. The number of hydrogen-bond acceptors (Lipinski definition) is 3. The van der Waals surface area contributed by atoms with E-state index in [1.165, 1.54) is 19.3 Å². The summed E-state index contributed by atoms with van der Waals surface area (Å²) in [6.45, 7) is 13.6. The van der Waals surface area contributed by atoms with Crippen molar-refractivity contribution in [1.29, 1.82) is 0 Å². The van der Waals surface area contributed by atoms with Crippen molar-refractivity contribution in [1.82, 2.24) is 25.4 Å². The minimum absolute atomic E-state index is 0. The molecule has 1 aliphatic heterocycles. The molecule has 0 saturated heterocycles. The van der Waals surface area contributed by atoms with Gasteiger partial charge in [-0.25, -0.2) is 4.99 Å². The number of hydrogen-bond donors (Lipinski definition) is 2. The Balaban J connectivity index is 0.00000312. The van der Waals surface area contributed by atoms with Crippen molar-refractivity contribution in [2.24, 2.45) is 10.4 Å². The van der Waals surface area contributed by atoms with E-state index in [4.69, 9.17) is 4.99 Å². The quantitative estimate of drug-likeness (QED) is 0.386. The van der Waals surface area contributed by atoms with E-state index < -0.39 is 0 Å². The zero-order valence-electron chi connectivity index (χ0n) is 16.4. The van der Waals surface area contributed by atoms with Crippen molar-refractivity contribution in [3.63, 3.8) is 0 Å². The Labute approximate surface area is 169 Å². The Morgan fingerprint density at radius 3 is 2.72 bits per heavy atom. The summed E-state index contributed by atoms with van der Waals surface area (Å²) < 4.78 is 2.24. The Kier molecular flexibility index (Phi) is 9.16. The third-order valence-electron chi connectivity index (χ3n) is 4.37. The fraction of sp³-hybridized carbons (Fsp3) is 0.833. The maximum atomic E-state index is 4.72. The zero-order chi connectivity index (χ0) is 17.6. The number of nitrogens with zero attached hydrogens (tertiary/aromatic N) is 4. The molecule has 25 heavy (non-hydrogen) atoms. The van der Waals surface area contributed by atoms with Crippen LogP contribution in [-0.4, -0.2) is 33.3 Å². The van der Waals surface area contributed by atoms with Gasteiger partial charge in [-0.15, -0.1) is 34.2 Å². The van der Waals surface area contributed by atoms with Gasteiger partial charge < -0.3 is 15.2 Å². The number of aryl methyl sites for hydroxylation is 1. The number of rotatable bonds is 6. The SMILES string of the molecule is CCNC(=NCc1nnc2n1CCCC2)NC(C)CCC(C)(C)C.I. The summed E-state index contributed by atoms with van der Waals surface area (Å²) in [5.74, 6) is 2.96. The number of aliphatic imine (C=N–C) groups is 1. The summed E-state index contributed by atoms with van der Waals surface area (Å²) >= 11 is 0. The van der Waals surface area contributed by atoms with Gasteiger partial charge in [0.25, 0.3) is 0 Å². The normalized spacial score (nSPS) is 16.0. The number of fused-ring (bicyclic) bond motifs is 1. The van der Waals surface area contributed by atoms with Gasteiger partial charge in [0.05, 0.1) is 0 Å². The lowest BCUT2D eigenvalue weighted by molar-refractivity contribution is 0.346. The molecule has 0 spiro atoms. The van der Waals surface area contributed by atoms with Gasteiger partial charge in [0.2, 0.25) is 0 Å². The second kappa shape index (κ2) is 10.3. The Bertz CT molecular complexity index is 546. The fourth-order valence-corrected chi connectivity index (χ4v) is 2.91. The highest BCUT2D eigenvalue weighted by atomic mass is 127. The molecule has 1 atom stereocenters. The maximum absolute atomic E-state index is 4.72. The summed E-state index contributed by atoms with van der Waals surface area (Å²) in [5.41, 5.74) is 0.367. The van der Waals surface area contributed by atoms with Crippen LogP contribution in [0.3, 0.4) is 0 Å². The molecule has 2 heterocycles. The average molecular weight is 462 g/mol. The van der Waals surface area contributed by atoms with Gasteiger partial charge in [-0.2, -0.15) is 0 Å². The van der Waals surface area contributed by atoms with Crippen molar-refractivity contribution in [3.8, 4) is 0 Å². The number of guanidine groups is 1. The minimum atomic E-state index is 0. The van der Waals surface area contributed by atoms with Crippen molar-refractivity contribution >= 4 is 29.9 Å². The lowest BCUT2D eigenvalue weighted by atomic mass is 9.89. The third-order valence-corrected chi connectivity index (χ3v) is 4.37. The van der Waals surface area contributed by atoms with E-state index in [9.17, 15) is 0 Å². The van der Waals surface area contributed by atoms with E-state index >= 15 is 0 Å². The molecule has 0 saturated carbocycles. The van der Waals surface area contributed by atoms with Crippen LogP contribution in [0.2, 0.25) is 0 Å². The first-order valence-electron chi connectivity index (χ1n) is 9.35. The molecule has 1 aromatic rings. The molecular formula is C18H35IN6. The van der Waals surface area contributed by atoms with E-state index in [0.29, 0.717) is 18.0 Å². The first kappa shape index (κ1) is 22.2. The van der Waals surface area contributed by atoms with Gasteiger partial charge in [-0.05, 0) is 44.9 Å². The molecule has 2 N–H and O–H groups in total. The van der Waals surface area contributed by atoms with E-state index in [1.807, 2.05) is 0 Å². The summed E-state index contributed by atoms with van der Waals surface area (Å²) in [7, 11) is 0. The predicted octanol–water partition coefficient (Wildman–Crippen LogP) is 3.50. The zero-order valence-corrected chi connectivity index (χ0v) is 18.8. The molecule has 0 aliphatic carbocycles. The molecule has 1 aromatic heterocycles. The monoisotopic (exact) mass is 462 g/mol. The second-order valence-corrected chi connectivity index (χ2v) is 7.98. The van der Waals surface area contributed by atoms with Crippen LogP contribution >= 0.6 is 24.0 Å². The number of halogens is 1. The summed E-state index contributed by atoms with van der Waals surface area (Å²) in [5, 5.41) is 15.5. The molecule has 1 aliphatic rings. The number of aromatic nitrogens is 3. The van der Waals surface area contributed by atoms with Crippen LogP contribution in [0.5, 0.6) is 0 Å². The van der Waals surface area contributed by atoms with Gasteiger partial charge in [0.1, 0.15) is 12.4 Å². The molecular weight excluding hydrogens is 427 g/mol. The molecule has 0 aromatic carbocycles. The van der Waals surface area contributed by atoms with E-state index in [-0.39, 0.29) is 24.0 Å². The lowest BCUT2D eigenvalue weighted by Gasteiger charge is -2.23. The summed E-state index contributed by atoms with van der Waals surface area (Å²) in [6.07, 6.45) is 5.80. The molecule has 2 rings (SSSR count). The summed E-state index contributed by atoms with van der Waals surface area (Å²) in [4.78, 5) is 4.72. The Morgan fingerprint density at radius 1 is 1.28 bits per heavy atom. The van der Waals surface area contributed by atoms with Crippen LogP contribution < -0.4 is 10.6 Å². The van der Waals surface area contributed by atoms with E-state index in [0.717, 1.165) is 43.5 Å². The predicted molar refractivity (Wildman–Crippen MR) is 114 cm³/mol. The molecule has 0 fully saturated rings. The second-order valence-electron chi connectivity index (χ2n) is 7.98. The smallest absolute Gasteiger partial charge is 0.191 e. The molecule has 6 nitrogen and oxygen atoms in total. The Morgan fingerprint density at radius 2 is 2.04 bits per heavy atom. The Hall–Kier alpha value is -0.860. The number of nitrogens with one attached hydrogen (secondary N) is 2. The highest BCUT2D eigenvalue weighted by molar-refractivity contribution is 14.0. The van der Waals surface area contributed by atoms with Crippen LogP contribution in [0.4, 0.5) is 0 Å². The molecule has 0 bridgehead atoms. The average Bonchev–Trinajstić information content (AvgIpc) is 2.93. The molecule has 7 heteroatoms. The highest BCUT2D eigenvalue weighted by Gasteiger charge is 2.16. The molecule has 1 unspecified atom stereocenters. The molecule has 0 amide bonds. The van der Waals surface area contributed by atoms with Gasteiger partial charge in [0.15, 0.2) is 11.8 Å². The first-order chi connectivity index (χ1) is 11.4.